The van der Waals surface area contributed by atoms with Gasteiger partial charge in [0.15, 0.2) is 0 Å². The minimum Gasteiger partial charge on any atom is -0.388 e. The first-order valence-electron chi connectivity index (χ1n) is 7.26. The normalized spacial score (nSPS) is 14.7. The Morgan fingerprint density at radius 3 is 2.84 bits per heavy atom. The molecule has 0 saturated heterocycles. The van der Waals surface area contributed by atoms with E-state index in [2.05, 4.69) is 25.8 Å². The van der Waals surface area contributed by atoms with Crippen LogP contribution in [0.2, 0.25) is 0 Å². The summed E-state index contributed by atoms with van der Waals surface area (Å²) in [7, 11) is 0. The van der Waals surface area contributed by atoms with Crippen LogP contribution in [0.3, 0.4) is 0 Å². The molecular weight excluding hydrogens is 236 g/mol. The van der Waals surface area contributed by atoms with Crippen LogP contribution in [0.25, 0.3) is 5.52 Å². The Morgan fingerprint density at radius 2 is 2.16 bits per heavy atom. The second kappa shape index (κ2) is 6.20. The third-order valence-corrected chi connectivity index (χ3v) is 4.02. The van der Waals surface area contributed by atoms with E-state index in [0.29, 0.717) is 5.92 Å². The van der Waals surface area contributed by atoms with Crippen LogP contribution in [-0.2, 0) is 0 Å². The summed E-state index contributed by atoms with van der Waals surface area (Å²) in [5, 5.41) is 10.6. The number of hydrogen-bond acceptors (Lipinski definition) is 2. The molecule has 19 heavy (non-hydrogen) atoms. The smallest absolute Gasteiger partial charge is 0.0992 e. The summed E-state index contributed by atoms with van der Waals surface area (Å²) in [6.45, 7) is 6.48. The Kier molecular flexibility index (Phi) is 4.59. The maximum absolute atomic E-state index is 10.6. The monoisotopic (exact) mass is 260 g/mol. The van der Waals surface area contributed by atoms with Crippen molar-refractivity contribution < 1.29 is 5.11 Å². The molecule has 2 atom stereocenters. The quantitative estimate of drug-likeness (QED) is 0.855. The molecule has 0 aliphatic carbocycles. The number of hydrogen-bond donors (Lipinski definition) is 1. The third kappa shape index (κ3) is 2.98. The molecular formula is C16H24N2O. The average Bonchev–Trinajstić information content (AvgIpc) is 2.85. The van der Waals surface area contributed by atoms with Crippen LogP contribution >= 0.6 is 0 Å². The molecule has 0 saturated carbocycles. The van der Waals surface area contributed by atoms with Gasteiger partial charge in [0.25, 0.3) is 0 Å². The zero-order chi connectivity index (χ0) is 13.8. The van der Waals surface area contributed by atoms with Crippen molar-refractivity contribution in [2.45, 2.75) is 52.6 Å². The lowest BCUT2D eigenvalue weighted by Gasteiger charge is -2.20. The first kappa shape index (κ1) is 14.1. The predicted molar refractivity (Wildman–Crippen MR) is 78.2 cm³/mol. The fourth-order valence-electron chi connectivity index (χ4n) is 2.88. The first-order valence-corrected chi connectivity index (χ1v) is 7.26. The summed E-state index contributed by atoms with van der Waals surface area (Å²) in [5.74, 6) is 0.600. The molecule has 0 aromatic carbocycles. The van der Waals surface area contributed by atoms with Crippen molar-refractivity contribution in [3.63, 3.8) is 0 Å². The number of fused-ring (bicyclic) bond motifs is 1. The predicted octanol–water partition coefficient (Wildman–Crippen LogP) is 3.89. The lowest BCUT2D eigenvalue weighted by Crippen LogP contribution is -2.09. The van der Waals surface area contributed by atoms with Gasteiger partial charge < -0.3 is 9.51 Å². The van der Waals surface area contributed by atoms with E-state index < -0.39 is 6.10 Å². The van der Waals surface area contributed by atoms with Crippen molar-refractivity contribution in [2.75, 3.05) is 0 Å². The van der Waals surface area contributed by atoms with Gasteiger partial charge in [0, 0.05) is 11.8 Å². The number of pyridine rings is 1. The van der Waals surface area contributed by atoms with Crippen molar-refractivity contribution in [2.24, 2.45) is 5.92 Å². The number of aromatic nitrogens is 2. The molecule has 0 aliphatic heterocycles. The van der Waals surface area contributed by atoms with Gasteiger partial charge in [0.2, 0.25) is 0 Å². The molecule has 2 heterocycles. The van der Waals surface area contributed by atoms with Gasteiger partial charge in [-0.3, -0.25) is 0 Å². The van der Waals surface area contributed by atoms with Crippen LogP contribution in [0.1, 0.15) is 56.8 Å². The van der Waals surface area contributed by atoms with E-state index in [1.54, 1.807) is 6.33 Å². The summed E-state index contributed by atoms with van der Waals surface area (Å²) in [6.07, 6.45) is 9.58. The van der Waals surface area contributed by atoms with Crippen LogP contribution < -0.4 is 0 Å². The second-order valence-electron chi connectivity index (χ2n) is 5.41. The molecule has 3 nitrogen and oxygen atoms in total. The molecule has 2 unspecified atom stereocenters. The Morgan fingerprint density at radius 1 is 1.37 bits per heavy atom. The van der Waals surface area contributed by atoms with Gasteiger partial charge in [-0.15, -0.1) is 0 Å². The molecule has 0 radical (unpaired) electrons. The SMILES string of the molecule is CCCC(CC)CC(O)c1c(C)ccn2cncc12. The molecule has 2 aromatic heterocycles. The topological polar surface area (TPSA) is 37.5 Å². The Hall–Kier alpha value is -1.35. The van der Waals surface area contributed by atoms with E-state index in [-0.39, 0.29) is 0 Å². The highest BCUT2D eigenvalue weighted by atomic mass is 16.3. The summed E-state index contributed by atoms with van der Waals surface area (Å²) in [5.41, 5.74) is 3.21. The molecule has 0 spiro atoms. The van der Waals surface area contributed by atoms with Gasteiger partial charge in [-0.2, -0.15) is 0 Å². The molecule has 3 heteroatoms. The zero-order valence-corrected chi connectivity index (χ0v) is 12.1. The number of aryl methyl sites for hydroxylation is 1. The minimum atomic E-state index is -0.392. The van der Waals surface area contributed by atoms with Gasteiger partial charge in [-0.05, 0) is 30.9 Å². The van der Waals surface area contributed by atoms with Crippen molar-refractivity contribution in [1.29, 1.82) is 0 Å². The Balaban J connectivity index is 2.27. The second-order valence-corrected chi connectivity index (χ2v) is 5.41. The number of imidazole rings is 1. The molecule has 1 N–H and O–H groups in total. The molecule has 2 aromatic rings. The highest BCUT2D eigenvalue weighted by Gasteiger charge is 2.18. The third-order valence-electron chi connectivity index (χ3n) is 4.02. The van der Waals surface area contributed by atoms with Crippen molar-refractivity contribution in [1.82, 2.24) is 9.38 Å². The number of rotatable bonds is 6. The molecule has 104 valence electrons. The van der Waals surface area contributed by atoms with Gasteiger partial charge in [0.05, 0.1) is 24.1 Å². The molecule has 0 amide bonds. The maximum Gasteiger partial charge on any atom is 0.0992 e. The highest BCUT2D eigenvalue weighted by Crippen LogP contribution is 2.30. The fraction of sp³-hybridized carbons (Fsp3) is 0.562. The summed E-state index contributed by atoms with van der Waals surface area (Å²) < 4.78 is 1.98. The summed E-state index contributed by atoms with van der Waals surface area (Å²) in [4.78, 5) is 4.17. The van der Waals surface area contributed by atoms with Crippen molar-refractivity contribution in [3.05, 3.63) is 35.9 Å². The molecule has 0 bridgehead atoms. The number of aliphatic hydroxyl groups is 1. The van der Waals surface area contributed by atoms with E-state index >= 15 is 0 Å². The Labute approximate surface area is 115 Å². The minimum absolute atomic E-state index is 0.392. The summed E-state index contributed by atoms with van der Waals surface area (Å²) in [6, 6.07) is 2.05. The molecule has 2 rings (SSSR count). The van der Waals surface area contributed by atoms with Crippen molar-refractivity contribution >= 4 is 5.52 Å². The Bertz CT molecular complexity index is 533. The van der Waals surface area contributed by atoms with E-state index in [1.165, 1.54) is 12.8 Å². The van der Waals surface area contributed by atoms with E-state index in [4.69, 9.17) is 0 Å². The standard InChI is InChI=1S/C16H24N2O/c1-4-6-13(5-2)9-15(19)16-12(3)7-8-18-11-17-10-14(16)18/h7-8,10-11,13,15,19H,4-6,9H2,1-3H3. The number of aliphatic hydroxyl groups excluding tert-OH is 1. The van der Waals surface area contributed by atoms with Gasteiger partial charge >= 0.3 is 0 Å². The van der Waals surface area contributed by atoms with Crippen LogP contribution in [-0.4, -0.2) is 14.5 Å². The fourth-order valence-corrected chi connectivity index (χ4v) is 2.88. The summed E-state index contributed by atoms with van der Waals surface area (Å²) >= 11 is 0. The van der Waals surface area contributed by atoms with Crippen LogP contribution in [0.15, 0.2) is 24.8 Å². The zero-order valence-electron chi connectivity index (χ0n) is 12.1. The van der Waals surface area contributed by atoms with E-state index in [1.807, 2.05) is 22.9 Å². The van der Waals surface area contributed by atoms with Gasteiger partial charge in [-0.1, -0.05) is 33.1 Å². The highest BCUT2D eigenvalue weighted by molar-refractivity contribution is 5.57. The maximum atomic E-state index is 10.6. The largest absolute Gasteiger partial charge is 0.388 e. The number of nitrogens with zero attached hydrogens (tertiary/aromatic N) is 2. The van der Waals surface area contributed by atoms with Crippen LogP contribution in [0, 0.1) is 12.8 Å². The van der Waals surface area contributed by atoms with Gasteiger partial charge in [-0.25, -0.2) is 4.98 Å². The lowest BCUT2D eigenvalue weighted by atomic mass is 9.90. The molecule has 0 aliphatic rings. The van der Waals surface area contributed by atoms with Crippen molar-refractivity contribution in [3.8, 4) is 0 Å². The van der Waals surface area contributed by atoms with Gasteiger partial charge in [0.1, 0.15) is 0 Å². The van der Waals surface area contributed by atoms with E-state index in [9.17, 15) is 5.11 Å². The first-order chi connectivity index (χ1) is 9.17. The van der Waals surface area contributed by atoms with Crippen LogP contribution in [0.4, 0.5) is 0 Å². The van der Waals surface area contributed by atoms with Crippen LogP contribution in [0.5, 0.6) is 0 Å². The average molecular weight is 260 g/mol. The molecule has 0 fully saturated rings. The lowest BCUT2D eigenvalue weighted by molar-refractivity contribution is 0.140. The van der Waals surface area contributed by atoms with E-state index in [0.717, 1.165) is 29.5 Å².